The van der Waals surface area contributed by atoms with Crippen molar-refractivity contribution in [1.82, 2.24) is 14.8 Å². The molecule has 1 atom stereocenters. The van der Waals surface area contributed by atoms with E-state index in [1.54, 1.807) is 0 Å². The molecular weight excluding hydrogens is 150 g/mol. The summed E-state index contributed by atoms with van der Waals surface area (Å²) in [4.78, 5) is 21.5. The normalized spacial score (nSPS) is 13.3. The fourth-order valence-corrected chi connectivity index (χ4v) is 0.764. The minimum atomic E-state index is -0.704. The number of hydrogen-bond acceptors (Lipinski definition) is 3. The van der Waals surface area contributed by atoms with Crippen LogP contribution in [0.4, 0.5) is 0 Å². The maximum Gasteiger partial charge on any atom is 0.344 e. The lowest BCUT2D eigenvalue weighted by Crippen LogP contribution is -2.30. The smallest absolute Gasteiger partial charge is 0.344 e. The summed E-state index contributed by atoms with van der Waals surface area (Å²) in [6.45, 7) is 1.51. The minimum Gasteiger partial charge on any atom is -0.392 e. The van der Waals surface area contributed by atoms with Gasteiger partial charge in [0.15, 0.2) is 0 Å². The van der Waals surface area contributed by atoms with Crippen LogP contribution < -0.4 is 11.4 Å². The van der Waals surface area contributed by atoms with Crippen molar-refractivity contribution in [2.45, 2.75) is 19.6 Å². The summed E-state index contributed by atoms with van der Waals surface area (Å²) in [5, 5.41) is 13.0. The quantitative estimate of drug-likeness (QED) is 0.477. The molecule has 1 heterocycles. The summed E-state index contributed by atoms with van der Waals surface area (Å²) in [5.74, 6) is 0. The molecule has 0 radical (unpaired) electrons. The van der Waals surface area contributed by atoms with E-state index in [9.17, 15) is 9.59 Å². The number of H-pyrrole nitrogens is 2. The number of aliphatic hydroxyl groups is 1. The first kappa shape index (κ1) is 7.80. The third kappa shape index (κ3) is 1.58. The van der Waals surface area contributed by atoms with E-state index in [-0.39, 0.29) is 6.54 Å². The Hall–Kier alpha value is -1.30. The largest absolute Gasteiger partial charge is 0.392 e. The number of nitrogens with one attached hydrogen (secondary N) is 2. The Kier molecular flexibility index (Phi) is 1.95. The van der Waals surface area contributed by atoms with Gasteiger partial charge in [0, 0.05) is 0 Å². The Bertz CT molecular complexity index is 304. The Labute approximate surface area is 61.5 Å². The summed E-state index contributed by atoms with van der Waals surface area (Å²) in [7, 11) is 0. The molecule has 0 bridgehead atoms. The predicted octanol–water partition coefficient (Wildman–Crippen LogP) is -1.75. The highest BCUT2D eigenvalue weighted by molar-refractivity contribution is 4.66. The van der Waals surface area contributed by atoms with Gasteiger partial charge in [-0.05, 0) is 6.92 Å². The van der Waals surface area contributed by atoms with Crippen molar-refractivity contribution in [2.75, 3.05) is 0 Å². The fraction of sp³-hybridized carbons (Fsp3) is 0.600. The third-order valence-corrected chi connectivity index (χ3v) is 1.21. The van der Waals surface area contributed by atoms with E-state index in [4.69, 9.17) is 5.11 Å². The highest BCUT2D eigenvalue weighted by atomic mass is 16.3. The molecule has 0 spiro atoms. The molecule has 1 aromatic heterocycles. The van der Waals surface area contributed by atoms with Crippen LogP contribution in [0.15, 0.2) is 9.59 Å². The Morgan fingerprint density at radius 2 is 1.91 bits per heavy atom. The van der Waals surface area contributed by atoms with E-state index >= 15 is 0 Å². The molecule has 0 aliphatic heterocycles. The van der Waals surface area contributed by atoms with Gasteiger partial charge in [0.25, 0.3) is 0 Å². The molecule has 1 rings (SSSR count). The topological polar surface area (TPSA) is 90.9 Å². The lowest BCUT2D eigenvalue weighted by Gasteiger charge is -2.00. The van der Waals surface area contributed by atoms with E-state index in [1.807, 2.05) is 0 Å². The summed E-state index contributed by atoms with van der Waals surface area (Å²) >= 11 is 0. The van der Waals surface area contributed by atoms with E-state index < -0.39 is 17.5 Å². The Morgan fingerprint density at radius 1 is 1.45 bits per heavy atom. The van der Waals surface area contributed by atoms with E-state index in [0.717, 1.165) is 4.57 Å². The standard InChI is InChI=1S/C5H9N3O3/c1-3(9)2-8-4(10)6-7-5(8)11/h3,9H,2H2,1H3,(H,6,10)(H,7,11). The number of hydrogen-bond donors (Lipinski definition) is 3. The Morgan fingerprint density at radius 3 is 2.27 bits per heavy atom. The second-order valence-corrected chi connectivity index (χ2v) is 2.32. The second-order valence-electron chi connectivity index (χ2n) is 2.32. The average Bonchev–Trinajstić information content (AvgIpc) is 2.18. The molecule has 6 heteroatoms. The maximum atomic E-state index is 10.7. The van der Waals surface area contributed by atoms with Crippen molar-refractivity contribution in [3.05, 3.63) is 21.0 Å². The lowest BCUT2D eigenvalue weighted by molar-refractivity contribution is 0.171. The molecule has 0 saturated carbocycles. The van der Waals surface area contributed by atoms with Crippen molar-refractivity contribution in [3.63, 3.8) is 0 Å². The summed E-state index contributed by atoms with van der Waals surface area (Å²) < 4.78 is 0.894. The predicted molar refractivity (Wildman–Crippen MR) is 37.4 cm³/mol. The van der Waals surface area contributed by atoms with E-state index in [2.05, 4.69) is 10.2 Å². The van der Waals surface area contributed by atoms with Gasteiger partial charge in [-0.25, -0.2) is 24.4 Å². The van der Waals surface area contributed by atoms with Crippen LogP contribution in [0.3, 0.4) is 0 Å². The average molecular weight is 159 g/mol. The molecule has 3 N–H and O–H groups in total. The zero-order chi connectivity index (χ0) is 8.43. The zero-order valence-corrected chi connectivity index (χ0v) is 6.00. The van der Waals surface area contributed by atoms with Gasteiger partial charge in [-0.2, -0.15) is 0 Å². The van der Waals surface area contributed by atoms with Crippen LogP contribution in [0, 0.1) is 0 Å². The van der Waals surface area contributed by atoms with Crippen molar-refractivity contribution in [2.24, 2.45) is 0 Å². The molecule has 1 aromatic rings. The first-order chi connectivity index (χ1) is 5.11. The second kappa shape index (κ2) is 2.75. The van der Waals surface area contributed by atoms with Gasteiger partial charge in [0.2, 0.25) is 0 Å². The van der Waals surface area contributed by atoms with Gasteiger partial charge in [-0.15, -0.1) is 0 Å². The van der Waals surface area contributed by atoms with E-state index in [0.29, 0.717) is 0 Å². The van der Waals surface area contributed by atoms with Gasteiger partial charge in [0.1, 0.15) is 0 Å². The van der Waals surface area contributed by atoms with Crippen LogP contribution in [0.1, 0.15) is 6.92 Å². The molecule has 0 aliphatic carbocycles. The first-order valence-electron chi connectivity index (χ1n) is 3.17. The Balaban J connectivity index is 3.02. The maximum absolute atomic E-state index is 10.7. The fourth-order valence-electron chi connectivity index (χ4n) is 0.764. The summed E-state index contributed by atoms with van der Waals surface area (Å²) in [6.07, 6.45) is -0.704. The van der Waals surface area contributed by atoms with Gasteiger partial charge >= 0.3 is 11.4 Å². The number of aromatic amines is 2. The zero-order valence-electron chi connectivity index (χ0n) is 6.00. The first-order valence-corrected chi connectivity index (χ1v) is 3.17. The molecule has 0 aliphatic rings. The van der Waals surface area contributed by atoms with Gasteiger partial charge in [0.05, 0.1) is 12.6 Å². The van der Waals surface area contributed by atoms with Crippen molar-refractivity contribution in [3.8, 4) is 0 Å². The lowest BCUT2D eigenvalue weighted by atomic mass is 10.4. The molecule has 1 unspecified atom stereocenters. The van der Waals surface area contributed by atoms with Crippen molar-refractivity contribution in [1.29, 1.82) is 0 Å². The number of nitrogens with zero attached hydrogens (tertiary/aromatic N) is 1. The molecule has 6 nitrogen and oxygen atoms in total. The SMILES string of the molecule is CC(O)Cn1c(=O)[nH][nH]c1=O. The molecule has 0 amide bonds. The monoisotopic (exact) mass is 159 g/mol. The van der Waals surface area contributed by atoms with E-state index in [1.165, 1.54) is 6.92 Å². The van der Waals surface area contributed by atoms with Crippen LogP contribution >= 0.6 is 0 Å². The number of aliphatic hydroxyl groups excluding tert-OH is 1. The summed E-state index contributed by atoms with van der Waals surface area (Å²) in [6, 6.07) is 0. The van der Waals surface area contributed by atoms with Crippen LogP contribution in [0.5, 0.6) is 0 Å². The molecule has 0 fully saturated rings. The summed E-state index contributed by atoms with van der Waals surface area (Å²) in [5.41, 5.74) is -1.06. The molecule has 11 heavy (non-hydrogen) atoms. The van der Waals surface area contributed by atoms with Crippen molar-refractivity contribution >= 4 is 0 Å². The van der Waals surface area contributed by atoms with Gasteiger partial charge in [-0.1, -0.05) is 0 Å². The van der Waals surface area contributed by atoms with Crippen LogP contribution in [-0.4, -0.2) is 26.0 Å². The van der Waals surface area contributed by atoms with Crippen LogP contribution in [0.25, 0.3) is 0 Å². The van der Waals surface area contributed by atoms with Crippen LogP contribution in [0.2, 0.25) is 0 Å². The molecular formula is C5H9N3O3. The molecule has 62 valence electrons. The number of aromatic nitrogens is 3. The highest BCUT2D eigenvalue weighted by Crippen LogP contribution is 1.79. The molecule has 0 aromatic carbocycles. The minimum absolute atomic E-state index is 0.0116. The van der Waals surface area contributed by atoms with Crippen molar-refractivity contribution < 1.29 is 5.11 Å². The third-order valence-electron chi connectivity index (χ3n) is 1.21. The van der Waals surface area contributed by atoms with Crippen LogP contribution in [-0.2, 0) is 6.54 Å². The van der Waals surface area contributed by atoms with Gasteiger partial charge < -0.3 is 5.11 Å². The molecule has 0 saturated heterocycles. The van der Waals surface area contributed by atoms with Gasteiger partial charge in [-0.3, -0.25) is 0 Å². The highest BCUT2D eigenvalue weighted by Gasteiger charge is 2.04. The number of rotatable bonds is 2.